The van der Waals surface area contributed by atoms with E-state index in [0.717, 1.165) is 6.54 Å². The number of hydrogen-bond acceptors (Lipinski definition) is 2. The number of carbonyl (C=O) groups excluding carboxylic acids is 1. The van der Waals surface area contributed by atoms with Gasteiger partial charge in [-0.25, -0.2) is 0 Å². The van der Waals surface area contributed by atoms with Crippen LogP contribution in [0, 0.1) is 19.8 Å². The molecule has 3 N–H and O–H groups in total. The highest BCUT2D eigenvalue weighted by Gasteiger charge is 2.19. The average molecular weight is 251 g/mol. The molecule has 102 valence electrons. The van der Waals surface area contributed by atoms with E-state index in [9.17, 15) is 4.79 Å². The molecule has 1 amide bonds. The summed E-state index contributed by atoms with van der Waals surface area (Å²) >= 11 is 0. The lowest BCUT2D eigenvalue weighted by Crippen LogP contribution is -2.44. The van der Waals surface area contributed by atoms with E-state index >= 15 is 0 Å². The summed E-state index contributed by atoms with van der Waals surface area (Å²) < 4.78 is 2.27. The highest BCUT2D eigenvalue weighted by molar-refractivity contribution is 5.80. The molecule has 0 aliphatic carbocycles. The van der Waals surface area contributed by atoms with Crippen molar-refractivity contribution in [1.82, 2.24) is 9.88 Å². The predicted molar refractivity (Wildman–Crippen MR) is 74.2 cm³/mol. The number of rotatable bonds is 6. The number of hydrogen-bond donors (Lipinski definition) is 2. The third-order valence-electron chi connectivity index (χ3n) is 3.48. The van der Waals surface area contributed by atoms with Crippen LogP contribution >= 0.6 is 0 Å². The molecular formula is C14H25N3O. The van der Waals surface area contributed by atoms with Crippen LogP contribution in [0.2, 0.25) is 0 Å². The molecule has 1 atom stereocenters. The summed E-state index contributed by atoms with van der Waals surface area (Å²) in [6.07, 6.45) is 0. The predicted octanol–water partition coefficient (Wildman–Crippen LogP) is 1.72. The van der Waals surface area contributed by atoms with Crippen LogP contribution in [0.4, 0.5) is 0 Å². The molecular weight excluding hydrogens is 226 g/mol. The van der Waals surface area contributed by atoms with Crippen molar-refractivity contribution in [2.45, 2.75) is 53.8 Å². The fourth-order valence-corrected chi connectivity index (χ4v) is 2.42. The van der Waals surface area contributed by atoms with Crippen molar-refractivity contribution >= 4 is 5.91 Å². The second-order valence-corrected chi connectivity index (χ2v) is 5.15. The highest BCUT2D eigenvalue weighted by Crippen LogP contribution is 2.15. The molecule has 0 aromatic carbocycles. The molecule has 1 unspecified atom stereocenters. The molecule has 0 aliphatic rings. The minimum atomic E-state index is -0.283. The van der Waals surface area contributed by atoms with Gasteiger partial charge in [0.2, 0.25) is 5.91 Å². The van der Waals surface area contributed by atoms with Gasteiger partial charge in [-0.05, 0) is 38.3 Å². The number of nitrogens with two attached hydrogens (primary N) is 1. The second-order valence-electron chi connectivity index (χ2n) is 5.15. The first-order valence-electron chi connectivity index (χ1n) is 6.56. The highest BCUT2D eigenvalue weighted by atomic mass is 16.1. The molecule has 1 heterocycles. The number of carbonyl (C=O) groups is 1. The van der Waals surface area contributed by atoms with Crippen LogP contribution < -0.4 is 11.1 Å². The smallest absolute Gasteiger partial charge is 0.234 e. The quantitative estimate of drug-likeness (QED) is 0.809. The van der Waals surface area contributed by atoms with Crippen LogP contribution in [0.5, 0.6) is 0 Å². The first kappa shape index (κ1) is 14.8. The van der Waals surface area contributed by atoms with Crippen molar-refractivity contribution < 1.29 is 4.79 Å². The number of amides is 1. The number of nitrogens with one attached hydrogen (secondary N) is 1. The van der Waals surface area contributed by atoms with E-state index in [1.54, 1.807) is 0 Å². The molecule has 18 heavy (non-hydrogen) atoms. The molecule has 4 nitrogen and oxygen atoms in total. The number of aryl methyl sites for hydroxylation is 1. The maximum absolute atomic E-state index is 11.3. The van der Waals surface area contributed by atoms with Crippen LogP contribution in [0.25, 0.3) is 0 Å². The molecule has 1 aromatic heterocycles. The summed E-state index contributed by atoms with van der Waals surface area (Å²) in [5.74, 6) is -0.0773. The zero-order valence-corrected chi connectivity index (χ0v) is 12.1. The molecule has 0 radical (unpaired) electrons. The lowest BCUT2D eigenvalue weighted by atomic mass is 10.0. The van der Waals surface area contributed by atoms with Crippen LogP contribution in [-0.4, -0.2) is 16.5 Å². The molecule has 0 spiro atoms. The van der Waals surface area contributed by atoms with Gasteiger partial charge < -0.3 is 15.6 Å². The van der Waals surface area contributed by atoms with Crippen molar-refractivity contribution in [2.75, 3.05) is 0 Å². The topological polar surface area (TPSA) is 60.1 Å². The van der Waals surface area contributed by atoms with Gasteiger partial charge in [0.15, 0.2) is 0 Å². The Labute approximate surface area is 110 Å². The standard InChI is InChI=1S/C14H25N3O/c1-6-17-10(4)7-12(11(17)5)8-16-13(9(2)3)14(15)18/h7,9,13,16H,6,8H2,1-5H3,(H2,15,18). The van der Waals surface area contributed by atoms with Crippen molar-refractivity contribution in [1.29, 1.82) is 0 Å². The van der Waals surface area contributed by atoms with Crippen molar-refractivity contribution in [2.24, 2.45) is 11.7 Å². The minimum Gasteiger partial charge on any atom is -0.368 e. The molecule has 0 saturated heterocycles. The maximum Gasteiger partial charge on any atom is 0.234 e. The monoisotopic (exact) mass is 251 g/mol. The van der Waals surface area contributed by atoms with E-state index in [4.69, 9.17) is 5.73 Å². The normalized spacial score (nSPS) is 13.0. The van der Waals surface area contributed by atoms with Gasteiger partial charge in [-0.1, -0.05) is 13.8 Å². The summed E-state index contributed by atoms with van der Waals surface area (Å²) in [7, 11) is 0. The average Bonchev–Trinajstić information content (AvgIpc) is 2.53. The van der Waals surface area contributed by atoms with Crippen LogP contribution in [-0.2, 0) is 17.9 Å². The van der Waals surface area contributed by atoms with Crippen molar-refractivity contribution in [3.8, 4) is 0 Å². The molecule has 1 rings (SSSR count). The fraction of sp³-hybridized carbons (Fsp3) is 0.643. The van der Waals surface area contributed by atoms with Gasteiger partial charge in [0.25, 0.3) is 0 Å². The van der Waals surface area contributed by atoms with E-state index in [2.05, 4.69) is 36.7 Å². The van der Waals surface area contributed by atoms with E-state index in [0.29, 0.717) is 6.54 Å². The Balaban J connectivity index is 2.77. The summed E-state index contributed by atoms with van der Waals surface area (Å²) in [5.41, 5.74) is 9.15. The van der Waals surface area contributed by atoms with E-state index in [1.165, 1.54) is 17.0 Å². The summed E-state index contributed by atoms with van der Waals surface area (Å²) in [6, 6.07) is 1.90. The third-order valence-corrected chi connectivity index (χ3v) is 3.48. The van der Waals surface area contributed by atoms with Gasteiger partial charge in [0.1, 0.15) is 0 Å². The third kappa shape index (κ3) is 3.13. The Morgan fingerprint density at radius 3 is 2.44 bits per heavy atom. The molecule has 0 saturated carbocycles. The summed E-state index contributed by atoms with van der Waals surface area (Å²) in [5, 5.41) is 3.25. The first-order chi connectivity index (χ1) is 8.38. The molecule has 0 aliphatic heterocycles. The summed E-state index contributed by atoms with van der Waals surface area (Å²) in [6.45, 7) is 12.0. The van der Waals surface area contributed by atoms with Crippen LogP contribution in [0.15, 0.2) is 6.07 Å². The minimum absolute atomic E-state index is 0.206. The van der Waals surface area contributed by atoms with Gasteiger partial charge in [-0.15, -0.1) is 0 Å². The Morgan fingerprint density at radius 2 is 2.06 bits per heavy atom. The maximum atomic E-state index is 11.3. The van der Waals surface area contributed by atoms with Crippen molar-refractivity contribution in [3.05, 3.63) is 23.0 Å². The van der Waals surface area contributed by atoms with Gasteiger partial charge in [-0.3, -0.25) is 4.79 Å². The Hall–Kier alpha value is -1.29. The Bertz CT molecular complexity index is 421. The Kier molecular flexibility index (Phi) is 4.96. The lowest BCUT2D eigenvalue weighted by molar-refractivity contribution is -0.121. The number of aromatic nitrogens is 1. The van der Waals surface area contributed by atoms with Gasteiger partial charge >= 0.3 is 0 Å². The molecule has 0 bridgehead atoms. The number of primary amides is 1. The van der Waals surface area contributed by atoms with Crippen LogP contribution in [0.1, 0.15) is 37.7 Å². The lowest BCUT2D eigenvalue weighted by Gasteiger charge is -2.19. The Morgan fingerprint density at radius 1 is 1.44 bits per heavy atom. The zero-order chi connectivity index (χ0) is 13.9. The summed E-state index contributed by atoms with van der Waals surface area (Å²) in [4.78, 5) is 11.3. The van der Waals surface area contributed by atoms with Gasteiger partial charge in [0.05, 0.1) is 6.04 Å². The first-order valence-corrected chi connectivity index (χ1v) is 6.56. The SMILES string of the molecule is CCn1c(C)cc(CNC(C(N)=O)C(C)C)c1C. The molecule has 0 fully saturated rings. The van der Waals surface area contributed by atoms with E-state index < -0.39 is 0 Å². The van der Waals surface area contributed by atoms with Gasteiger partial charge in [0, 0.05) is 24.5 Å². The fourth-order valence-electron chi connectivity index (χ4n) is 2.42. The van der Waals surface area contributed by atoms with Gasteiger partial charge in [-0.2, -0.15) is 0 Å². The van der Waals surface area contributed by atoms with Crippen LogP contribution in [0.3, 0.4) is 0 Å². The second kappa shape index (κ2) is 6.05. The number of nitrogens with zero attached hydrogens (tertiary/aromatic N) is 1. The van der Waals surface area contributed by atoms with Crippen molar-refractivity contribution in [3.63, 3.8) is 0 Å². The molecule has 4 heteroatoms. The largest absolute Gasteiger partial charge is 0.368 e. The molecule has 1 aromatic rings. The van der Waals surface area contributed by atoms with E-state index in [-0.39, 0.29) is 17.9 Å². The van der Waals surface area contributed by atoms with E-state index in [1.807, 2.05) is 13.8 Å². The zero-order valence-electron chi connectivity index (χ0n) is 12.1.